The minimum Gasteiger partial charge on any atom is -0.394 e. The van der Waals surface area contributed by atoms with E-state index in [0.717, 1.165) is 0 Å². The maximum Gasteiger partial charge on any atom is 0.244 e. The molecule has 8 heteroatoms. The molecule has 2 N–H and O–H groups in total. The van der Waals surface area contributed by atoms with Gasteiger partial charge in [0.05, 0.1) is 30.6 Å². The number of aliphatic hydroxyl groups excluding tert-OH is 1. The van der Waals surface area contributed by atoms with E-state index in [-0.39, 0.29) is 30.7 Å². The Morgan fingerprint density at radius 2 is 2.11 bits per heavy atom. The van der Waals surface area contributed by atoms with E-state index >= 15 is 0 Å². The third-order valence-electron chi connectivity index (χ3n) is 2.86. The number of nitrogens with one attached hydrogen (secondary N) is 1. The van der Waals surface area contributed by atoms with Gasteiger partial charge >= 0.3 is 0 Å². The standard InChI is InChI=1S/C11H21N3O4S/c1-8(18-4)7-12-19(16,17)11-9(2)13-14(5-6-15)10(11)3/h8,12,15H,5-7H2,1-4H3. The Morgan fingerprint density at radius 1 is 1.47 bits per heavy atom. The Kier molecular flexibility index (Phi) is 5.48. The molecule has 0 spiro atoms. The van der Waals surface area contributed by atoms with Crippen molar-refractivity contribution in [2.45, 2.75) is 38.3 Å². The first-order chi connectivity index (χ1) is 8.83. The summed E-state index contributed by atoms with van der Waals surface area (Å²) in [6, 6.07) is 0. The topological polar surface area (TPSA) is 93.5 Å². The lowest BCUT2D eigenvalue weighted by atomic mass is 10.4. The van der Waals surface area contributed by atoms with Gasteiger partial charge in [-0.2, -0.15) is 5.10 Å². The van der Waals surface area contributed by atoms with Crippen LogP contribution in [0, 0.1) is 13.8 Å². The molecule has 0 radical (unpaired) electrons. The van der Waals surface area contributed by atoms with Crippen molar-refractivity contribution in [3.05, 3.63) is 11.4 Å². The highest BCUT2D eigenvalue weighted by atomic mass is 32.2. The van der Waals surface area contributed by atoms with Crippen LogP contribution in [0.5, 0.6) is 0 Å². The molecule has 1 atom stereocenters. The van der Waals surface area contributed by atoms with Gasteiger partial charge in [-0.05, 0) is 20.8 Å². The Labute approximate surface area is 113 Å². The Morgan fingerprint density at radius 3 is 2.63 bits per heavy atom. The van der Waals surface area contributed by atoms with E-state index in [4.69, 9.17) is 9.84 Å². The summed E-state index contributed by atoms with van der Waals surface area (Å²) in [7, 11) is -2.10. The van der Waals surface area contributed by atoms with Crippen LogP contribution in [0.25, 0.3) is 0 Å². The molecule has 19 heavy (non-hydrogen) atoms. The van der Waals surface area contributed by atoms with Crippen LogP contribution in [0.4, 0.5) is 0 Å². The fourth-order valence-electron chi connectivity index (χ4n) is 1.76. The second kappa shape index (κ2) is 6.47. The van der Waals surface area contributed by atoms with Crippen LogP contribution >= 0.6 is 0 Å². The Bertz CT molecular complexity index is 524. The minimum absolute atomic E-state index is 0.0877. The molecule has 1 aromatic heterocycles. The van der Waals surface area contributed by atoms with Crippen LogP contribution in [0.3, 0.4) is 0 Å². The minimum atomic E-state index is -3.62. The number of rotatable bonds is 7. The number of hydrogen-bond donors (Lipinski definition) is 2. The molecule has 0 saturated carbocycles. The molecule has 7 nitrogen and oxygen atoms in total. The molecule has 0 amide bonds. The number of ether oxygens (including phenoxy) is 1. The van der Waals surface area contributed by atoms with E-state index in [9.17, 15) is 8.42 Å². The van der Waals surface area contributed by atoms with Crippen molar-refractivity contribution in [3.63, 3.8) is 0 Å². The van der Waals surface area contributed by atoms with E-state index in [2.05, 4.69) is 9.82 Å². The van der Waals surface area contributed by atoms with E-state index in [1.54, 1.807) is 20.8 Å². The third-order valence-corrected chi connectivity index (χ3v) is 4.53. The summed E-state index contributed by atoms with van der Waals surface area (Å²) in [6.07, 6.45) is -0.206. The van der Waals surface area contributed by atoms with Gasteiger partial charge in [-0.1, -0.05) is 0 Å². The van der Waals surface area contributed by atoms with Gasteiger partial charge in [-0.25, -0.2) is 13.1 Å². The molecule has 0 fully saturated rings. The molecule has 0 saturated heterocycles. The van der Waals surface area contributed by atoms with Gasteiger partial charge in [0.1, 0.15) is 4.90 Å². The molecule has 0 bridgehead atoms. The largest absolute Gasteiger partial charge is 0.394 e. The average Bonchev–Trinajstić information content (AvgIpc) is 2.62. The van der Waals surface area contributed by atoms with Gasteiger partial charge in [0, 0.05) is 13.7 Å². The highest BCUT2D eigenvalue weighted by Gasteiger charge is 2.24. The van der Waals surface area contributed by atoms with Crippen LogP contribution in [-0.4, -0.2) is 49.7 Å². The lowest BCUT2D eigenvalue weighted by Crippen LogP contribution is -2.32. The number of aryl methyl sites for hydroxylation is 1. The number of nitrogens with zero attached hydrogens (tertiary/aromatic N) is 2. The number of sulfonamides is 1. The quantitative estimate of drug-likeness (QED) is 0.726. The zero-order chi connectivity index (χ0) is 14.6. The van der Waals surface area contributed by atoms with Crippen LogP contribution in [0.15, 0.2) is 4.90 Å². The SMILES string of the molecule is COC(C)CNS(=O)(=O)c1c(C)nn(CCO)c1C. The molecule has 0 aliphatic heterocycles. The van der Waals surface area contributed by atoms with Crippen molar-refractivity contribution in [2.75, 3.05) is 20.3 Å². The molecule has 110 valence electrons. The summed E-state index contributed by atoms with van der Waals surface area (Å²) in [5.74, 6) is 0. The number of aromatic nitrogens is 2. The van der Waals surface area contributed by atoms with Gasteiger partial charge in [0.25, 0.3) is 0 Å². The molecule has 1 unspecified atom stereocenters. The average molecular weight is 291 g/mol. The monoisotopic (exact) mass is 291 g/mol. The molecule has 1 heterocycles. The normalized spacial score (nSPS) is 13.7. The predicted octanol–water partition coefficient (Wildman–Crippen LogP) is -0.195. The summed E-state index contributed by atoms with van der Waals surface area (Å²) in [6.45, 7) is 5.46. The van der Waals surface area contributed by atoms with Crippen molar-refractivity contribution in [3.8, 4) is 0 Å². The number of methoxy groups -OCH3 is 1. The van der Waals surface area contributed by atoms with Crippen LogP contribution in [0.1, 0.15) is 18.3 Å². The molecule has 0 aliphatic carbocycles. The molecule has 0 aromatic carbocycles. The molecule has 1 rings (SSSR count). The first-order valence-corrected chi connectivity index (χ1v) is 7.49. The first kappa shape index (κ1) is 16.1. The van der Waals surface area contributed by atoms with E-state index in [1.165, 1.54) is 11.8 Å². The van der Waals surface area contributed by atoms with Crippen LogP contribution in [-0.2, 0) is 21.3 Å². The number of aliphatic hydroxyl groups is 1. The van der Waals surface area contributed by atoms with E-state index in [1.807, 2.05) is 0 Å². The smallest absolute Gasteiger partial charge is 0.244 e. The second-order valence-corrected chi connectivity index (χ2v) is 6.05. The van der Waals surface area contributed by atoms with Crippen molar-refractivity contribution in [1.29, 1.82) is 0 Å². The fourth-order valence-corrected chi connectivity index (χ4v) is 3.29. The number of hydrogen-bond acceptors (Lipinski definition) is 5. The highest BCUT2D eigenvalue weighted by Crippen LogP contribution is 2.19. The van der Waals surface area contributed by atoms with Gasteiger partial charge < -0.3 is 9.84 Å². The van der Waals surface area contributed by atoms with Crippen LogP contribution < -0.4 is 4.72 Å². The fraction of sp³-hybridized carbons (Fsp3) is 0.727. The summed E-state index contributed by atoms with van der Waals surface area (Å²) in [4.78, 5) is 0.171. The summed E-state index contributed by atoms with van der Waals surface area (Å²) in [5.41, 5.74) is 0.938. The van der Waals surface area contributed by atoms with Gasteiger partial charge in [0.15, 0.2) is 0 Å². The zero-order valence-electron chi connectivity index (χ0n) is 11.7. The predicted molar refractivity (Wildman–Crippen MR) is 70.4 cm³/mol. The Balaban J connectivity index is 3.01. The first-order valence-electron chi connectivity index (χ1n) is 6.00. The molecular formula is C11H21N3O4S. The maximum atomic E-state index is 12.2. The summed E-state index contributed by atoms with van der Waals surface area (Å²) < 4.78 is 33.4. The van der Waals surface area contributed by atoms with Crippen molar-refractivity contribution in [1.82, 2.24) is 14.5 Å². The van der Waals surface area contributed by atoms with Crippen molar-refractivity contribution >= 4 is 10.0 Å². The highest BCUT2D eigenvalue weighted by molar-refractivity contribution is 7.89. The van der Waals surface area contributed by atoms with Crippen molar-refractivity contribution < 1.29 is 18.3 Å². The second-order valence-electron chi connectivity index (χ2n) is 4.34. The maximum absolute atomic E-state index is 12.2. The van der Waals surface area contributed by atoms with Crippen LogP contribution in [0.2, 0.25) is 0 Å². The van der Waals surface area contributed by atoms with E-state index < -0.39 is 10.0 Å². The van der Waals surface area contributed by atoms with Gasteiger partial charge in [-0.15, -0.1) is 0 Å². The van der Waals surface area contributed by atoms with Gasteiger partial charge in [-0.3, -0.25) is 4.68 Å². The molecule has 1 aromatic rings. The zero-order valence-corrected chi connectivity index (χ0v) is 12.5. The summed E-state index contributed by atoms with van der Waals surface area (Å²) >= 11 is 0. The van der Waals surface area contributed by atoms with E-state index in [0.29, 0.717) is 11.4 Å². The molecular weight excluding hydrogens is 270 g/mol. The lowest BCUT2D eigenvalue weighted by Gasteiger charge is -2.11. The third kappa shape index (κ3) is 3.75. The van der Waals surface area contributed by atoms with Gasteiger partial charge in [0.2, 0.25) is 10.0 Å². The Hall–Kier alpha value is -0.960. The lowest BCUT2D eigenvalue weighted by molar-refractivity contribution is 0.122. The summed E-state index contributed by atoms with van der Waals surface area (Å²) in [5, 5.41) is 13.0. The van der Waals surface area contributed by atoms with Crippen molar-refractivity contribution in [2.24, 2.45) is 0 Å². The molecule has 0 aliphatic rings.